The molecule has 0 spiro atoms. The van der Waals surface area contributed by atoms with Crippen molar-refractivity contribution in [1.29, 1.82) is 0 Å². The number of carbonyl (C=O) groups excluding carboxylic acids is 1. The summed E-state index contributed by atoms with van der Waals surface area (Å²) in [7, 11) is -2.14. The standard InChI is InChI=1S/C24H23ClN4O4S3/c1-33-18-7-2-8-19-22(18)27-24(34-19)29(14-16-5-3-11-26-13-16)23(30)17-6-4-12-28(15-17)36(31,32)21-10-9-20(25)35-21/h2-3,5,7-11,13,17H,4,6,12,14-15H2,1H3. The maximum atomic E-state index is 13.9. The van der Waals surface area contributed by atoms with Crippen LogP contribution in [-0.2, 0) is 21.4 Å². The van der Waals surface area contributed by atoms with Crippen molar-refractivity contribution in [3.63, 3.8) is 0 Å². The van der Waals surface area contributed by atoms with Crippen LogP contribution < -0.4 is 9.64 Å². The quantitative estimate of drug-likeness (QED) is 0.313. The number of thiazole rings is 1. The molecule has 0 radical (unpaired) electrons. The van der Waals surface area contributed by atoms with E-state index < -0.39 is 15.9 Å². The zero-order chi connectivity index (χ0) is 25.3. The molecule has 0 bridgehead atoms. The number of thiophene rings is 1. The molecule has 1 atom stereocenters. The SMILES string of the molecule is COc1cccc2sc(N(Cc3cccnc3)C(=O)C3CCCN(S(=O)(=O)c4ccc(Cl)s4)C3)nc12. The van der Waals surface area contributed by atoms with Gasteiger partial charge in [0.25, 0.3) is 10.0 Å². The Morgan fingerprint density at radius 3 is 2.81 bits per heavy atom. The maximum Gasteiger partial charge on any atom is 0.252 e. The van der Waals surface area contributed by atoms with E-state index in [4.69, 9.17) is 21.3 Å². The number of nitrogens with zero attached hydrogens (tertiary/aromatic N) is 4. The minimum Gasteiger partial charge on any atom is -0.494 e. The van der Waals surface area contributed by atoms with E-state index in [1.165, 1.54) is 21.7 Å². The van der Waals surface area contributed by atoms with Gasteiger partial charge in [-0.3, -0.25) is 14.7 Å². The number of benzene rings is 1. The fraction of sp³-hybridized carbons (Fsp3) is 0.292. The van der Waals surface area contributed by atoms with Crippen molar-refractivity contribution in [2.75, 3.05) is 25.1 Å². The zero-order valence-corrected chi connectivity index (χ0v) is 22.5. The lowest BCUT2D eigenvalue weighted by molar-refractivity contribution is -0.123. The van der Waals surface area contributed by atoms with Crippen molar-refractivity contribution < 1.29 is 17.9 Å². The van der Waals surface area contributed by atoms with Gasteiger partial charge in [-0.1, -0.05) is 35.1 Å². The lowest BCUT2D eigenvalue weighted by atomic mass is 9.98. The molecule has 1 aliphatic heterocycles. The summed E-state index contributed by atoms with van der Waals surface area (Å²) < 4.78 is 34.8. The van der Waals surface area contributed by atoms with Crippen LogP contribution in [0.2, 0.25) is 4.34 Å². The van der Waals surface area contributed by atoms with Crippen molar-refractivity contribution >= 4 is 65.6 Å². The summed E-state index contributed by atoms with van der Waals surface area (Å²) in [6.45, 7) is 0.746. The first-order valence-corrected chi connectivity index (χ1v) is 14.7. The second-order valence-corrected chi connectivity index (χ2v) is 13.2. The average molecular weight is 563 g/mol. The van der Waals surface area contributed by atoms with E-state index in [-0.39, 0.29) is 23.2 Å². The number of pyridine rings is 1. The van der Waals surface area contributed by atoms with E-state index in [2.05, 4.69) is 4.98 Å². The highest BCUT2D eigenvalue weighted by Gasteiger charge is 2.37. The molecule has 1 unspecified atom stereocenters. The highest BCUT2D eigenvalue weighted by Crippen LogP contribution is 2.36. The summed E-state index contributed by atoms with van der Waals surface area (Å²) in [4.78, 5) is 24.5. The molecule has 4 heterocycles. The van der Waals surface area contributed by atoms with Gasteiger partial charge in [-0.15, -0.1) is 11.3 Å². The monoisotopic (exact) mass is 562 g/mol. The predicted molar refractivity (Wildman–Crippen MR) is 142 cm³/mol. The van der Waals surface area contributed by atoms with Gasteiger partial charge in [-0.05, 0) is 48.7 Å². The zero-order valence-electron chi connectivity index (χ0n) is 19.3. The highest BCUT2D eigenvalue weighted by molar-refractivity contribution is 7.91. The number of hydrogen-bond acceptors (Lipinski definition) is 8. The maximum absolute atomic E-state index is 13.9. The summed E-state index contributed by atoms with van der Waals surface area (Å²) in [5.41, 5.74) is 1.54. The fourth-order valence-corrected chi connectivity index (χ4v) is 8.40. The third-order valence-electron chi connectivity index (χ3n) is 6.03. The molecule has 5 rings (SSSR count). The summed E-state index contributed by atoms with van der Waals surface area (Å²) in [6, 6.07) is 12.5. The minimum atomic E-state index is -3.73. The Morgan fingerprint density at radius 2 is 2.08 bits per heavy atom. The van der Waals surface area contributed by atoms with Crippen LogP contribution in [0.3, 0.4) is 0 Å². The molecule has 1 aliphatic rings. The Hall–Kier alpha value is -2.57. The topological polar surface area (TPSA) is 92.7 Å². The van der Waals surface area contributed by atoms with Crippen LogP contribution in [0.1, 0.15) is 18.4 Å². The van der Waals surface area contributed by atoms with Crippen LogP contribution in [-0.4, -0.2) is 48.8 Å². The molecule has 4 aromatic rings. The van der Waals surface area contributed by atoms with Crippen molar-refractivity contribution in [3.8, 4) is 5.75 Å². The number of hydrogen-bond donors (Lipinski definition) is 0. The van der Waals surface area contributed by atoms with E-state index in [9.17, 15) is 13.2 Å². The third kappa shape index (κ3) is 4.98. The smallest absolute Gasteiger partial charge is 0.252 e. The molecule has 3 aromatic heterocycles. The number of amides is 1. The van der Waals surface area contributed by atoms with Gasteiger partial charge in [0.1, 0.15) is 15.5 Å². The first kappa shape index (κ1) is 25.1. The minimum absolute atomic E-state index is 0.106. The summed E-state index contributed by atoms with van der Waals surface area (Å²) >= 11 is 8.40. The van der Waals surface area contributed by atoms with Crippen molar-refractivity contribution in [3.05, 3.63) is 64.8 Å². The van der Waals surface area contributed by atoms with Crippen LogP contribution in [0.4, 0.5) is 5.13 Å². The number of rotatable bonds is 7. The molecule has 1 amide bonds. The first-order valence-electron chi connectivity index (χ1n) is 11.3. The van der Waals surface area contributed by atoms with E-state index in [1.807, 2.05) is 30.3 Å². The Labute approximate surface area is 222 Å². The van der Waals surface area contributed by atoms with Crippen LogP contribution in [0.5, 0.6) is 5.75 Å². The molecule has 8 nitrogen and oxygen atoms in total. The fourth-order valence-electron chi connectivity index (χ4n) is 4.25. The van der Waals surface area contributed by atoms with Gasteiger partial charge < -0.3 is 4.74 Å². The predicted octanol–water partition coefficient (Wildman–Crippen LogP) is 5.05. The molecule has 12 heteroatoms. The molecule has 0 aliphatic carbocycles. The van der Waals surface area contributed by atoms with Gasteiger partial charge in [-0.25, -0.2) is 13.4 Å². The van der Waals surface area contributed by atoms with E-state index in [0.717, 1.165) is 21.6 Å². The van der Waals surface area contributed by atoms with E-state index in [0.29, 0.717) is 40.1 Å². The number of para-hydroxylation sites is 1. The highest BCUT2D eigenvalue weighted by atomic mass is 35.5. The Morgan fingerprint density at radius 1 is 1.22 bits per heavy atom. The number of piperidine rings is 1. The van der Waals surface area contributed by atoms with Gasteiger partial charge in [0.15, 0.2) is 5.13 Å². The summed E-state index contributed by atoms with van der Waals surface area (Å²) in [6.07, 6.45) is 4.57. The van der Waals surface area contributed by atoms with Gasteiger partial charge >= 0.3 is 0 Å². The number of aromatic nitrogens is 2. The van der Waals surface area contributed by atoms with Gasteiger partial charge in [0, 0.05) is 25.5 Å². The normalized spacial score (nSPS) is 16.8. The molecule has 1 aromatic carbocycles. The summed E-state index contributed by atoms with van der Waals surface area (Å²) in [5, 5.41) is 0.536. The van der Waals surface area contributed by atoms with Gasteiger partial charge in [-0.2, -0.15) is 4.31 Å². The number of sulfonamides is 1. The van der Waals surface area contributed by atoms with E-state index in [1.54, 1.807) is 30.5 Å². The molecular weight excluding hydrogens is 540 g/mol. The number of anilines is 1. The Balaban J connectivity index is 1.47. The van der Waals surface area contributed by atoms with Crippen molar-refractivity contribution in [1.82, 2.24) is 14.3 Å². The largest absolute Gasteiger partial charge is 0.494 e. The molecule has 1 saturated heterocycles. The molecule has 1 fully saturated rings. The molecule has 188 valence electrons. The van der Waals surface area contributed by atoms with Crippen molar-refractivity contribution in [2.24, 2.45) is 5.92 Å². The lowest BCUT2D eigenvalue weighted by Gasteiger charge is -2.33. The average Bonchev–Trinajstić information content (AvgIpc) is 3.54. The number of carbonyl (C=O) groups is 1. The van der Waals surface area contributed by atoms with Crippen LogP contribution >= 0.6 is 34.3 Å². The second kappa shape index (κ2) is 10.4. The van der Waals surface area contributed by atoms with Gasteiger partial charge in [0.2, 0.25) is 5.91 Å². The number of halogens is 1. The number of methoxy groups -OCH3 is 1. The third-order valence-corrected chi connectivity index (χ3v) is 10.6. The van der Waals surface area contributed by atoms with E-state index >= 15 is 0 Å². The molecular formula is C24H23ClN4O4S3. The number of ether oxygens (including phenoxy) is 1. The Bertz CT molecular complexity index is 1490. The van der Waals surface area contributed by atoms with Crippen LogP contribution in [0.25, 0.3) is 10.2 Å². The van der Waals surface area contributed by atoms with Gasteiger partial charge in [0.05, 0.1) is 28.6 Å². The van der Waals surface area contributed by atoms with Crippen LogP contribution in [0, 0.1) is 5.92 Å². The second-order valence-electron chi connectivity index (χ2n) is 8.35. The molecule has 0 saturated carbocycles. The van der Waals surface area contributed by atoms with Crippen LogP contribution in [0.15, 0.2) is 59.1 Å². The Kier molecular flexibility index (Phi) is 7.27. The molecule has 0 N–H and O–H groups in total. The first-order chi connectivity index (χ1) is 17.4. The number of fused-ring (bicyclic) bond motifs is 1. The summed E-state index contributed by atoms with van der Waals surface area (Å²) in [5.74, 6) is -0.0381. The van der Waals surface area contributed by atoms with Crippen molar-refractivity contribution in [2.45, 2.75) is 23.6 Å². The molecule has 36 heavy (non-hydrogen) atoms. The lowest BCUT2D eigenvalue weighted by Crippen LogP contribution is -2.46.